The molecule has 0 radical (unpaired) electrons. The van der Waals surface area contributed by atoms with Gasteiger partial charge in [-0.1, -0.05) is 11.6 Å². The van der Waals surface area contributed by atoms with E-state index in [2.05, 4.69) is 4.98 Å². The average molecular weight is 368 g/mol. The Balaban J connectivity index is 2.77. The lowest BCUT2D eigenvalue weighted by atomic mass is 9.95. The van der Waals surface area contributed by atoms with E-state index >= 15 is 0 Å². The van der Waals surface area contributed by atoms with Gasteiger partial charge in [-0.2, -0.15) is 0 Å². The molecule has 1 aromatic heterocycles. The predicted molar refractivity (Wildman–Crippen MR) is 95.4 cm³/mol. The third-order valence-corrected chi connectivity index (χ3v) is 4.51. The van der Waals surface area contributed by atoms with Crippen LogP contribution in [0.1, 0.15) is 28.4 Å². The van der Waals surface area contributed by atoms with E-state index < -0.39 is 6.10 Å². The van der Waals surface area contributed by atoms with Crippen molar-refractivity contribution in [3.05, 3.63) is 39.5 Å². The molecule has 2 rings (SSSR count). The fraction of sp³-hybridized carbons (Fsp3) is 0.389. The van der Waals surface area contributed by atoms with Crippen LogP contribution in [0.2, 0.25) is 5.02 Å². The lowest BCUT2D eigenvalue weighted by Crippen LogP contribution is -2.10. The Kier molecular flexibility index (Phi) is 5.98. The second-order valence-corrected chi connectivity index (χ2v) is 5.83. The Bertz CT molecular complexity index is 779. The van der Waals surface area contributed by atoms with Gasteiger partial charge in [-0.3, -0.25) is 0 Å². The SMILES string of the molecule is COc1cc(C)c(C(O)c2c(OC)ncc(C)c2Cl)c(OC)c1OC. The van der Waals surface area contributed by atoms with Crippen LogP contribution in [0, 0.1) is 13.8 Å². The molecule has 0 spiro atoms. The first-order valence-corrected chi connectivity index (χ1v) is 7.95. The summed E-state index contributed by atoms with van der Waals surface area (Å²) in [6, 6.07) is 1.77. The summed E-state index contributed by atoms with van der Waals surface area (Å²) in [5.41, 5.74) is 2.36. The molecule has 2 aromatic rings. The number of aryl methyl sites for hydroxylation is 2. The smallest absolute Gasteiger partial charge is 0.220 e. The third kappa shape index (κ3) is 3.32. The Labute approximate surface area is 152 Å². The van der Waals surface area contributed by atoms with E-state index in [1.54, 1.807) is 12.3 Å². The van der Waals surface area contributed by atoms with Crippen molar-refractivity contribution in [2.24, 2.45) is 0 Å². The van der Waals surface area contributed by atoms with Crippen LogP contribution in [0.4, 0.5) is 0 Å². The normalized spacial score (nSPS) is 11.8. The quantitative estimate of drug-likeness (QED) is 0.843. The summed E-state index contributed by atoms with van der Waals surface area (Å²) in [7, 11) is 6.02. The summed E-state index contributed by atoms with van der Waals surface area (Å²) in [5.74, 6) is 1.51. The van der Waals surface area contributed by atoms with Crippen molar-refractivity contribution in [3.8, 4) is 23.1 Å². The van der Waals surface area contributed by atoms with Crippen LogP contribution in [0.5, 0.6) is 23.1 Å². The van der Waals surface area contributed by atoms with Crippen molar-refractivity contribution >= 4 is 11.6 Å². The summed E-state index contributed by atoms with van der Waals surface area (Å²) < 4.78 is 21.5. The first-order chi connectivity index (χ1) is 11.9. The van der Waals surface area contributed by atoms with Gasteiger partial charge in [0.15, 0.2) is 11.5 Å². The molecule has 0 bridgehead atoms. The van der Waals surface area contributed by atoms with Crippen LogP contribution in [0.15, 0.2) is 12.3 Å². The van der Waals surface area contributed by atoms with Gasteiger partial charge in [0.25, 0.3) is 0 Å². The third-order valence-electron chi connectivity index (χ3n) is 4.00. The minimum Gasteiger partial charge on any atom is -0.493 e. The zero-order valence-corrected chi connectivity index (χ0v) is 15.9. The number of ether oxygens (including phenoxy) is 4. The molecule has 1 N–H and O–H groups in total. The topological polar surface area (TPSA) is 70.0 Å². The maximum absolute atomic E-state index is 11.1. The van der Waals surface area contributed by atoms with E-state index in [1.807, 2.05) is 13.8 Å². The van der Waals surface area contributed by atoms with Crippen LogP contribution in [-0.2, 0) is 0 Å². The first-order valence-electron chi connectivity index (χ1n) is 7.57. The van der Waals surface area contributed by atoms with Crippen LogP contribution in [0.25, 0.3) is 0 Å². The minimum absolute atomic E-state index is 0.249. The van der Waals surface area contributed by atoms with E-state index in [-0.39, 0.29) is 5.88 Å². The predicted octanol–water partition coefficient (Wildman–Crippen LogP) is 3.47. The van der Waals surface area contributed by atoms with Gasteiger partial charge >= 0.3 is 0 Å². The van der Waals surface area contributed by atoms with Gasteiger partial charge in [0.05, 0.1) is 39.0 Å². The first kappa shape index (κ1) is 19.1. The molecule has 6 nitrogen and oxygen atoms in total. The van der Waals surface area contributed by atoms with Crippen molar-refractivity contribution in [1.82, 2.24) is 4.98 Å². The van der Waals surface area contributed by atoms with Crippen molar-refractivity contribution < 1.29 is 24.1 Å². The van der Waals surface area contributed by atoms with E-state index in [9.17, 15) is 5.11 Å². The lowest BCUT2D eigenvalue weighted by molar-refractivity contribution is 0.205. The van der Waals surface area contributed by atoms with Gasteiger partial charge in [0.2, 0.25) is 11.6 Å². The number of hydrogen-bond donors (Lipinski definition) is 1. The molecule has 1 heterocycles. The summed E-state index contributed by atoms with van der Waals surface area (Å²) in [6.45, 7) is 3.65. The molecule has 1 atom stereocenters. The molecule has 0 amide bonds. The van der Waals surface area contributed by atoms with Gasteiger partial charge in [0, 0.05) is 11.8 Å². The molecule has 0 saturated carbocycles. The second-order valence-electron chi connectivity index (χ2n) is 5.46. The Morgan fingerprint density at radius 3 is 2.08 bits per heavy atom. The Morgan fingerprint density at radius 2 is 1.56 bits per heavy atom. The number of aromatic nitrogens is 1. The highest BCUT2D eigenvalue weighted by Gasteiger charge is 2.29. The number of halogens is 1. The van der Waals surface area contributed by atoms with Gasteiger partial charge in [0.1, 0.15) is 6.10 Å². The molecule has 0 aliphatic rings. The summed E-state index contributed by atoms with van der Waals surface area (Å²) >= 11 is 6.43. The molecule has 25 heavy (non-hydrogen) atoms. The van der Waals surface area contributed by atoms with E-state index in [4.69, 9.17) is 30.5 Å². The van der Waals surface area contributed by atoms with Crippen LogP contribution >= 0.6 is 11.6 Å². The van der Waals surface area contributed by atoms with Crippen LogP contribution in [-0.4, -0.2) is 38.5 Å². The van der Waals surface area contributed by atoms with Gasteiger partial charge in [-0.15, -0.1) is 0 Å². The molecule has 136 valence electrons. The summed E-state index contributed by atoms with van der Waals surface area (Å²) in [6.07, 6.45) is 0.473. The molecule has 0 fully saturated rings. The van der Waals surface area contributed by atoms with Crippen LogP contribution in [0.3, 0.4) is 0 Å². The largest absolute Gasteiger partial charge is 0.493 e. The van der Waals surface area contributed by atoms with Gasteiger partial charge < -0.3 is 24.1 Å². The number of aliphatic hydroxyl groups is 1. The molecule has 1 unspecified atom stereocenters. The molecule has 0 aliphatic carbocycles. The number of aliphatic hydroxyl groups excluding tert-OH is 1. The maximum Gasteiger partial charge on any atom is 0.220 e. The highest BCUT2D eigenvalue weighted by Crippen LogP contribution is 2.47. The van der Waals surface area contributed by atoms with E-state index in [0.29, 0.717) is 33.4 Å². The minimum atomic E-state index is -1.12. The molecule has 0 saturated heterocycles. The van der Waals surface area contributed by atoms with Crippen LogP contribution < -0.4 is 18.9 Å². The standard InChI is InChI=1S/C18H22ClNO5/c1-9-7-11(22-3)16(23-4)17(24-5)12(9)15(21)13-14(19)10(2)8-20-18(13)25-6/h7-8,15,21H,1-6H3. The average Bonchev–Trinajstić information content (AvgIpc) is 2.61. The number of benzene rings is 1. The van der Waals surface area contributed by atoms with Crippen molar-refractivity contribution in [2.75, 3.05) is 28.4 Å². The van der Waals surface area contributed by atoms with Gasteiger partial charge in [-0.05, 0) is 31.0 Å². The molecule has 7 heteroatoms. The summed E-state index contributed by atoms with van der Waals surface area (Å²) in [4.78, 5) is 4.20. The van der Waals surface area contributed by atoms with E-state index in [0.717, 1.165) is 11.1 Å². The second kappa shape index (κ2) is 7.80. The summed E-state index contributed by atoms with van der Waals surface area (Å²) in [5, 5.41) is 11.5. The number of hydrogen-bond acceptors (Lipinski definition) is 6. The fourth-order valence-corrected chi connectivity index (χ4v) is 3.01. The zero-order valence-electron chi connectivity index (χ0n) is 15.1. The Morgan fingerprint density at radius 1 is 0.920 bits per heavy atom. The van der Waals surface area contributed by atoms with E-state index in [1.165, 1.54) is 28.4 Å². The molecular formula is C18H22ClNO5. The fourth-order valence-electron chi connectivity index (χ4n) is 2.77. The van der Waals surface area contributed by atoms with Gasteiger partial charge in [-0.25, -0.2) is 4.98 Å². The number of pyridine rings is 1. The molecular weight excluding hydrogens is 346 g/mol. The number of methoxy groups -OCH3 is 4. The zero-order chi connectivity index (χ0) is 18.7. The highest BCUT2D eigenvalue weighted by atomic mass is 35.5. The highest BCUT2D eigenvalue weighted by molar-refractivity contribution is 6.32. The van der Waals surface area contributed by atoms with Crippen molar-refractivity contribution in [1.29, 1.82) is 0 Å². The number of nitrogens with zero attached hydrogens (tertiary/aromatic N) is 1. The monoisotopic (exact) mass is 367 g/mol. The van der Waals surface area contributed by atoms with Crippen molar-refractivity contribution in [3.63, 3.8) is 0 Å². The number of rotatable bonds is 6. The lowest BCUT2D eigenvalue weighted by Gasteiger charge is -2.23. The molecule has 0 aliphatic heterocycles. The Hall–Kier alpha value is -2.18. The van der Waals surface area contributed by atoms with Crippen molar-refractivity contribution in [2.45, 2.75) is 20.0 Å². The molecule has 1 aromatic carbocycles. The maximum atomic E-state index is 11.1.